The molecule has 5 nitrogen and oxygen atoms in total. The van der Waals surface area contributed by atoms with Crippen LogP contribution in [0.1, 0.15) is 37.1 Å². The quantitative estimate of drug-likeness (QED) is 0.595. The molecule has 2 aromatic carbocycles. The Balaban J connectivity index is 1.20. The van der Waals surface area contributed by atoms with Crippen LogP contribution in [0.2, 0.25) is 0 Å². The summed E-state index contributed by atoms with van der Waals surface area (Å²) in [6.45, 7) is 1.66. The van der Waals surface area contributed by atoms with Crippen molar-refractivity contribution in [2.75, 3.05) is 13.1 Å². The highest BCUT2D eigenvalue weighted by atomic mass is 16.5. The van der Waals surface area contributed by atoms with Crippen LogP contribution in [0.4, 0.5) is 0 Å². The molecule has 29 heavy (non-hydrogen) atoms. The van der Waals surface area contributed by atoms with Crippen LogP contribution in [-0.2, 0) is 17.6 Å². The van der Waals surface area contributed by atoms with Gasteiger partial charge in [0, 0.05) is 31.5 Å². The molecule has 0 N–H and O–H groups in total. The van der Waals surface area contributed by atoms with Crippen LogP contribution < -0.4 is 0 Å². The van der Waals surface area contributed by atoms with Crippen LogP contribution in [-0.4, -0.2) is 34.0 Å². The van der Waals surface area contributed by atoms with Crippen LogP contribution >= 0.6 is 0 Å². The Morgan fingerprint density at radius 1 is 1.00 bits per heavy atom. The number of rotatable bonds is 7. The summed E-state index contributed by atoms with van der Waals surface area (Å²) in [4.78, 5) is 19.1. The second-order valence-corrected chi connectivity index (χ2v) is 7.75. The standard InChI is InChI=1S/C24H27N3O2/c28-23(13-7-10-19-8-3-1-4-9-19)27-16-14-20(15-17-27)18-22-25-24(26-29-22)21-11-5-2-6-12-21/h1-6,8-9,11-12,20H,7,10,13-18H2. The molecule has 1 aliphatic rings. The van der Waals surface area contributed by atoms with Gasteiger partial charge in [0.2, 0.25) is 17.6 Å². The summed E-state index contributed by atoms with van der Waals surface area (Å²) in [6, 6.07) is 20.2. The van der Waals surface area contributed by atoms with Crippen molar-refractivity contribution in [3.63, 3.8) is 0 Å². The lowest BCUT2D eigenvalue weighted by molar-refractivity contribution is -0.132. The third-order valence-electron chi connectivity index (χ3n) is 5.63. The molecular formula is C24H27N3O2. The van der Waals surface area contributed by atoms with E-state index < -0.39 is 0 Å². The monoisotopic (exact) mass is 389 g/mol. The first kappa shape index (κ1) is 19.4. The lowest BCUT2D eigenvalue weighted by atomic mass is 9.93. The highest BCUT2D eigenvalue weighted by Gasteiger charge is 2.24. The van der Waals surface area contributed by atoms with E-state index in [1.165, 1.54) is 5.56 Å². The van der Waals surface area contributed by atoms with Gasteiger partial charge in [0.05, 0.1) is 0 Å². The maximum Gasteiger partial charge on any atom is 0.227 e. The molecule has 0 unspecified atom stereocenters. The predicted octanol–water partition coefficient (Wildman–Crippen LogP) is 4.54. The van der Waals surface area contributed by atoms with Gasteiger partial charge in [-0.3, -0.25) is 4.79 Å². The first-order valence-corrected chi connectivity index (χ1v) is 10.5. The van der Waals surface area contributed by atoms with Crippen LogP contribution in [0.25, 0.3) is 11.4 Å². The fourth-order valence-corrected chi connectivity index (χ4v) is 3.92. The second-order valence-electron chi connectivity index (χ2n) is 7.75. The van der Waals surface area contributed by atoms with Gasteiger partial charge in [0.25, 0.3) is 0 Å². The molecule has 1 amide bonds. The van der Waals surface area contributed by atoms with Crippen molar-refractivity contribution in [2.45, 2.75) is 38.5 Å². The number of piperidine rings is 1. The van der Waals surface area contributed by atoms with E-state index in [2.05, 4.69) is 22.3 Å². The fraction of sp³-hybridized carbons (Fsp3) is 0.375. The van der Waals surface area contributed by atoms with Gasteiger partial charge in [-0.05, 0) is 37.2 Å². The minimum atomic E-state index is 0.281. The molecule has 1 aliphatic heterocycles. The fourth-order valence-electron chi connectivity index (χ4n) is 3.92. The zero-order valence-corrected chi connectivity index (χ0v) is 16.7. The van der Waals surface area contributed by atoms with Gasteiger partial charge in [-0.15, -0.1) is 0 Å². The highest BCUT2D eigenvalue weighted by Crippen LogP contribution is 2.23. The van der Waals surface area contributed by atoms with Gasteiger partial charge in [-0.2, -0.15) is 4.98 Å². The second kappa shape index (κ2) is 9.50. The number of hydrogen-bond donors (Lipinski definition) is 0. The number of aryl methyl sites for hydroxylation is 1. The minimum Gasteiger partial charge on any atom is -0.343 e. The van der Waals surface area contributed by atoms with E-state index in [4.69, 9.17) is 4.52 Å². The third-order valence-corrected chi connectivity index (χ3v) is 5.63. The molecule has 2 heterocycles. The molecule has 0 atom stereocenters. The zero-order chi connectivity index (χ0) is 19.9. The highest BCUT2D eigenvalue weighted by molar-refractivity contribution is 5.76. The van der Waals surface area contributed by atoms with Crippen LogP contribution in [0.5, 0.6) is 0 Å². The van der Waals surface area contributed by atoms with Gasteiger partial charge in [-0.1, -0.05) is 65.8 Å². The SMILES string of the molecule is O=C(CCCc1ccccc1)N1CCC(Cc2nc(-c3ccccc3)no2)CC1. The van der Waals surface area contributed by atoms with Gasteiger partial charge < -0.3 is 9.42 Å². The van der Waals surface area contributed by atoms with E-state index in [1.54, 1.807) is 0 Å². The summed E-state index contributed by atoms with van der Waals surface area (Å²) in [5.41, 5.74) is 2.27. The van der Waals surface area contributed by atoms with Gasteiger partial charge in [0.1, 0.15) is 0 Å². The van der Waals surface area contributed by atoms with Gasteiger partial charge in [-0.25, -0.2) is 0 Å². The Morgan fingerprint density at radius 2 is 1.69 bits per heavy atom. The van der Waals surface area contributed by atoms with Gasteiger partial charge >= 0.3 is 0 Å². The number of carbonyl (C=O) groups excluding carboxylic acids is 1. The lowest BCUT2D eigenvalue weighted by Gasteiger charge is -2.31. The summed E-state index contributed by atoms with van der Waals surface area (Å²) in [5, 5.41) is 4.10. The number of hydrogen-bond acceptors (Lipinski definition) is 4. The average molecular weight is 389 g/mol. The van der Waals surface area contributed by atoms with E-state index in [0.717, 1.165) is 50.8 Å². The Morgan fingerprint density at radius 3 is 2.41 bits per heavy atom. The van der Waals surface area contributed by atoms with E-state index in [1.807, 2.05) is 53.4 Å². The molecule has 0 bridgehead atoms. The summed E-state index contributed by atoms with van der Waals surface area (Å²) < 4.78 is 5.45. The van der Waals surface area contributed by atoms with Crippen LogP contribution in [0.15, 0.2) is 65.2 Å². The Bertz CT molecular complexity index is 900. The maximum absolute atomic E-state index is 12.5. The molecule has 0 saturated carbocycles. The van der Waals surface area contributed by atoms with E-state index in [9.17, 15) is 4.79 Å². The van der Waals surface area contributed by atoms with E-state index in [-0.39, 0.29) is 5.91 Å². The zero-order valence-electron chi connectivity index (χ0n) is 16.7. The van der Waals surface area contributed by atoms with Gasteiger partial charge in [0.15, 0.2) is 0 Å². The van der Waals surface area contributed by atoms with Crippen molar-refractivity contribution in [1.82, 2.24) is 15.0 Å². The van der Waals surface area contributed by atoms with Crippen molar-refractivity contribution in [1.29, 1.82) is 0 Å². The van der Waals surface area contributed by atoms with Crippen LogP contribution in [0, 0.1) is 5.92 Å². The van der Waals surface area contributed by atoms with Crippen LogP contribution in [0.3, 0.4) is 0 Å². The van der Waals surface area contributed by atoms with Crippen molar-refractivity contribution in [3.05, 3.63) is 72.1 Å². The topological polar surface area (TPSA) is 59.2 Å². The van der Waals surface area contributed by atoms with Crippen molar-refractivity contribution >= 4 is 5.91 Å². The summed E-state index contributed by atoms with van der Waals surface area (Å²) in [7, 11) is 0. The van der Waals surface area contributed by atoms with E-state index in [0.29, 0.717) is 24.1 Å². The number of benzene rings is 2. The van der Waals surface area contributed by atoms with Crippen molar-refractivity contribution in [2.24, 2.45) is 5.92 Å². The molecule has 1 aromatic heterocycles. The molecule has 0 radical (unpaired) electrons. The molecule has 3 aromatic rings. The molecule has 1 fully saturated rings. The van der Waals surface area contributed by atoms with Crippen molar-refractivity contribution < 1.29 is 9.32 Å². The first-order chi connectivity index (χ1) is 14.3. The third kappa shape index (κ3) is 5.31. The Kier molecular flexibility index (Phi) is 6.35. The number of amides is 1. The Hall–Kier alpha value is -2.95. The smallest absolute Gasteiger partial charge is 0.227 e. The molecule has 150 valence electrons. The molecule has 0 spiro atoms. The number of carbonyl (C=O) groups is 1. The molecule has 0 aliphatic carbocycles. The maximum atomic E-state index is 12.5. The minimum absolute atomic E-state index is 0.281. The van der Waals surface area contributed by atoms with Crippen molar-refractivity contribution in [3.8, 4) is 11.4 Å². The average Bonchev–Trinajstić information content (AvgIpc) is 3.24. The summed E-state index contributed by atoms with van der Waals surface area (Å²) in [6.07, 6.45) is 5.28. The molecule has 5 heteroatoms. The molecular weight excluding hydrogens is 362 g/mol. The predicted molar refractivity (Wildman–Crippen MR) is 112 cm³/mol. The largest absolute Gasteiger partial charge is 0.343 e. The molecule has 1 saturated heterocycles. The number of nitrogens with zero attached hydrogens (tertiary/aromatic N) is 3. The lowest BCUT2D eigenvalue weighted by Crippen LogP contribution is -2.38. The first-order valence-electron chi connectivity index (χ1n) is 10.5. The Labute approximate surface area is 171 Å². The van der Waals surface area contributed by atoms with E-state index >= 15 is 0 Å². The number of aromatic nitrogens is 2. The summed E-state index contributed by atoms with van der Waals surface area (Å²) >= 11 is 0. The normalized spacial score (nSPS) is 14.8. The number of likely N-dealkylation sites (tertiary alicyclic amines) is 1. The molecule has 4 rings (SSSR count). The summed E-state index contributed by atoms with van der Waals surface area (Å²) in [5.74, 6) is 2.11.